The van der Waals surface area contributed by atoms with Crippen LogP contribution in [0.15, 0.2) is 48.6 Å². The third-order valence-corrected chi connectivity index (χ3v) is 8.18. The molecule has 0 saturated heterocycles. The van der Waals surface area contributed by atoms with E-state index in [1.165, 1.54) is 24.1 Å². The molecule has 1 saturated carbocycles. The van der Waals surface area contributed by atoms with E-state index in [2.05, 4.69) is 17.1 Å². The topological polar surface area (TPSA) is 83.7 Å². The summed E-state index contributed by atoms with van der Waals surface area (Å²) in [7, 11) is 0. The van der Waals surface area contributed by atoms with Crippen molar-refractivity contribution in [3.05, 3.63) is 80.9 Å². The average Bonchev–Trinajstić information content (AvgIpc) is 3.29. The molecule has 4 aliphatic rings. The van der Waals surface area contributed by atoms with Crippen LogP contribution in [0.25, 0.3) is 0 Å². The number of allylic oxidation sites excluding steroid dienone is 2. The van der Waals surface area contributed by atoms with Gasteiger partial charge in [0.2, 0.25) is 0 Å². The highest BCUT2D eigenvalue weighted by atomic mass is 16.6. The van der Waals surface area contributed by atoms with Gasteiger partial charge in [0.05, 0.1) is 16.5 Å². The molecule has 0 spiro atoms. The van der Waals surface area contributed by atoms with Crippen LogP contribution in [-0.4, -0.2) is 22.5 Å². The minimum Gasteiger partial charge on any atom is -0.478 e. The molecule has 0 bridgehead atoms. The van der Waals surface area contributed by atoms with E-state index < -0.39 is 5.97 Å². The van der Waals surface area contributed by atoms with Crippen LogP contribution in [-0.2, 0) is 0 Å². The van der Waals surface area contributed by atoms with Crippen LogP contribution in [0.5, 0.6) is 0 Å². The zero-order valence-electron chi connectivity index (χ0n) is 17.8. The molecule has 0 unspecified atom stereocenters. The molecular weight excluding hydrogens is 404 g/mol. The summed E-state index contributed by atoms with van der Waals surface area (Å²) in [5.74, 6) is 0.430. The predicted octanol–water partition coefficient (Wildman–Crippen LogP) is 5.80. The zero-order chi connectivity index (χ0) is 22.0. The molecule has 6 rings (SSSR count). The first-order chi connectivity index (χ1) is 15.5. The summed E-state index contributed by atoms with van der Waals surface area (Å²) in [4.78, 5) is 25.7. The normalized spacial score (nSPS) is 29.8. The Morgan fingerprint density at radius 1 is 1.12 bits per heavy atom. The van der Waals surface area contributed by atoms with Crippen LogP contribution in [0.1, 0.15) is 77.0 Å². The van der Waals surface area contributed by atoms with Crippen molar-refractivity contribution in [3.8, 4) is 0 Å². The van der Waals surface area contributed by atoms with Gasteiger partial charge in [-0.1, -0.05) is 37.1 Å². The summed E-state index contributed by atoms with van der Waals surface area (Å²) in [6, 6.07) is 11.0. The van der Waals surface area contributed by atoms with Gasteiger partial charge >= 0.3 is 5.97 Å². The molecule has 6 nitrogen and oxygen atoms in total. The van der Waals surface area contributed by atoms with Crippen molar-refractivity contribution in [1.29, 1.82) is 0 Å². The van der Waals surface area contributed by atoms with Crippen LogP contribution < -0.4 is 4.90 Å². The van der Waals surface area contributed by atoms with E-state index in [1.807, 2.05) is 18.2 Å². The average molecular weight is 431 g/mol. The zero-order valence-corrected chi connectivity index (χ0v) is 17.8. The molecule has 5 atom stereocenters. The molecule has 0 amide bonds. The number of non-ortho nitro benzene ring substituents is 1. The number of hydrogen-bond donors (Lipinski definition) is 1. The fourth-order valence-electron chi connectivity index (χ4n) is 6.92. The molecule has 0 aromatic heterocycles. The Kier molecular flexibility index (Phi) is 4.39. The quantitative estimate of drug-likeness (QED) is 0.378. The second kappa shape index (κ2) is 7.19. The van der Waals surface area contributed by atoms with E-state index in [0.29, 0.717) is 17.4 Å². The Balaban J connectivity index is 1.57. The molecule has 2 aromatic rings. The SMILES string of the molecule is O=C(O)c1cc2c3c(c1)[C@@H]1CCCC[C@@H]1CN3[C@H](c1cccc([N+](=O)[O-])c1)[C@@H]1CC=C[C@@H]21. The van der Waals surface area contributed by atoms with Gasteiger partial charge < -0.3 is 10.0 Å². The molecule has 0 radical (unpaired) electrons. The van der Waals surface area contributed by atoms with Crippen LogP contribution in [0.4, 0.5) is 11.4 Å². The van der Waals surface area contributed by atoms with Crippen molar-refractivity contribution in [2.45, 2.75) is 50.0 Å². The number of carboxylic acids is 1. The number of anilines is 1. The molecule has 2 heterocycles. The lowest BCUT2D eigenvalue weighted by Gasteiger charge is -2.53. The molecule has 2 aliphatic carbocycles. The van der Waals surface area contributed by atoms with Gasteiger partial charge in [-0.2, -0.15) is 0 Å². The number of aromatic carboxylic acids is 1. The fraction of sp³-hybridized carbons (Fsp3) is 0.423. The maximum Gasteiger partial charge on any atom is 0.335 e. The van der Waals surface area contributed by atoms with Crippen molar-refractivity contribution in [1.82, 2.24) is 0 Å². The van der Waals surface area contributed by atoms with Gasteiger partial charge in [0.15, 0.2) is 0 Å². The molecule has 1 N–H and O–H groups in total. The van der Waals surface area contributed by atoms with E-state index in [9.17, 15) is 20.0 Å². The maximum atomic E-state index is 12.0. The Hall–Kier alpha value is -3.15. The number of hydrogen-bond acceptors (Lipinski definition) is 4. The lowest BCUT2D eigenvalue weighted by atomic mass is 9.66. The first-order valence-corrected chi connectivity index (χ1v) is 11.6. The summed E-state index contributed by atoms with van der Waals surface area (Å²) in [5, 5.41) is 21.3. The Bertz CT molecular complexity index is 1160. The van der Waals surface area contributed by atoms with Crippen LogP contribution in [0.2, 0.25) is 0 Å². The van der Waals surface area contributed by atoms with Crippen molar-refractivity contribution in [2.75, 3.05) is 11.4 Å². The van der Waals surface area contributed by atoms with Crippen molar-refractivity contribution >= 4 is 17.3 Å². The highest BCUT2D eigenvalue weighted by Crippen LogP contribution is 2.59. The number of carboxylic acid groups (broad SMARTS) is 1. The molecule has 1 fully saturated rings. The molecule has 32 heavy (non-hydrogen) atoms. The first kappa shape index (κ1) is 19.5. The van der Waals surface area contributed by atoms with E-state index in [0.717, 1.165) is 36.9 Å². The first-order valence-electron chi connectivity index (χ1n) is 11.6. The number of rotatable bonds is 3. The number of benzene rings is 2. The Morgan fingerprint density at radius 2 is 1.94 bits per heavy atom. The van der Waals surface area contributed by atoms with Crippen molar-refractivity contribution < 1.29 is 14.8 Å². The molecule has 6 heteroatoms. The minimum atomic E-state index is -0.868. The van der Waals surface area contributed by atoms with Gasteiger partial charge in [-0.25, -0.2) is 4.79 Å². The Labute approximate surface area is 186 Å². The number of nitrogens with zero attached hydrogens (tertiary/aromatic N) is 2. The fourth-order valence-corrected chi connectivity index (χ4v) is 6.92. The van der Waals surface area contributed by atoms with Gasteiger partial charge in [0.1, 0.15) is 0 Å². The smallest absolute Gasteiger partial charge is 0.335 e. The highest BCUT2D eigenvalue weighted by molar-refractivity contribution is 5.90. The van der Waals surface area contributed by atoms with E-state index in [-0.39, 0.29) is 28.5 Å². The van der Waals surface area contributed by atoms with Gasteiger partial charge in [-0.15, -0.1) is 0 Å². The van der Waals surface area contributed by atoms with E-state index in [1.54, 1.807) is 18.2 Å². The van der Waals surface area contributed by atoms with Gasteiger partial charge in [-0.3, -0.25) is 10.1 Å². The maximum absolute atomic E-state index is 12.0. The number of nitro benzene ring substituents is 1. The lowest BCUT2D eigenvalue weighted by Crippen LogP contribution is -2.47. The third-order valence-electron chi connectivity index (χ3n) is 8.18. The number of fused-ring (bicyclic) bond motifs is 4. The van der Waals surface area contributed by atoms with Crippen LogP contribution in [0.3, 0.4) is 0 Å². The van der Waals surface area contributed by atoms with Crippen LogP contribution in [0, 0.1) is 22.0 Å². The second-order valence-electron chi connectivity index (χ2n) is 9.76. The number of nitro groups is 1. The summed E-state index contributed by atoms with van der Waals surface area (Å²) >= 11 is 0. The monoisotopic (exact) mass is 430 g/mol. The molecular formula is C26H26N2O4. The van der Waals surface area contributed by atoms with Crippen LogP contribution >= 0.6 is 0 Å². The Morgan fingerprint density at radius 3 is 2.75 bits per heavy atom. The second-order valence-corrected chi connectivity index (χ2v) is 9.76. The third kappa shape index (κ3) is 2.81. The largest absolute Gasteiger partial charge is 0.478 e. The molecule has 164 valence electrons. The predicted molar refractivity (Wildman–Crippen MR) is 121 cm³/mol. The highest BCUT2D eigenvalue weighted by Gasteiger charge is 2.48. The summed E-state index contributed by atoms with van der Waals surface area (Å²) in [6.45, 7) is 0.938. The van der Waals surface area contributed by atoms with Crippen molar-refractivity contribution in [3.63, 3.8) is 0 Å². The number of carbonyl (C=O) groups is 1. The molecule has 2 aromatic carbocycles. The summed E-state index contributed by atoms with van der Waals surface area (Å²) < 4.78 is 0. The molecule has 2 aliphatic heterocycles. The summed E-state index contributed by atoms with van der Waals surface area (Å²) in [5.41, 5.74) is 5.02. The van der Waals surface area contributed by atoms with E-state index >= 15 is 0 Å². The minimum absolute atomic E-state index is 0.0553. The van der Waals surface area contributed by atoms with E-state index in [4.69, 9.17) is 0 Å². The summed E-state index contributed by atoms with van der Waals surface area (Å²) in [6.07, 6.45) is 9.99. The standard InChI is InChI=1S/C26H26N2O4/c29-26(30)17-12-22-19-8-2-1-5-16(19)14-27-24(15-6-3-7-18(11-15)28(31)32)21-10-4-9-20(21)23(13-17)25(22)27/h3-4,6-7,9,11-13,16,19-21,24H,1-2,5,8,10,14H2,(H,29,30)/t16-,19-,20-,21-,24-/m1/s1. The van der Waals surface area contributed by atoms with Crippen molar-refractivity contribution in [2.24, 2.45) is 11.8 Å². The lowest BCUT2D eigenvalue weighted by molar-refractivity contribution is -0.384. The van der Waals surface area contributed by atoms with Gasteiger partial charge in [-0.05, 0) is 65.8 Å². The van der Waals surface area contributed by atoms with Gasteiger partial charge in [0.25, 0.3) is 5.69 Å². The van der Waals surface area contributed by atoms with Gasteiger partial charge in [0, 0.05) is 30.3 Å².